The fraction of sp³-hybridized carbons (Fsp3) is 0.179. The minimum absolute atomic E-state index is 0.226. The van der Waals surface area contributed by atoms with Gasteiger partial charge in [0.25, 0.3) is 0 Å². The van der Waals surface area contributed by atoms with Crippen molar-refractivity contribution in [2.24, 2.45) is 5.92 Å². The highest BCUT2D eigenvalue weighted by Crippen LogP contribution is 2.53. The second kappa shape index (κ2) is 9.32. The molecule has 1 saturated heterocycles. The van der Waals surface area contributed by atoms with Crippen LogP contribution in [0.2, 0.25) is 0 Å². The molecule has 3 aromatic carbocycles. The molecule has 186 valence electrons. The minimum Gasteiger partial charge on any atom is -0.489 e. The number of hydrogen-bond donors (Lipinski definition) is 1. The van der Waals surface area contributed by atoms with Crippen LogP contribution in [0.25, 0.3) is 0 Å². The van der Waals surface area contributed by atoms with Gasteiger partial charge >= 0.3 is 4.87 Å². The summed E-state index contributed by atoms with van der Waals surface area (Å²) in [5.41, 5.74) is 3.39. The first kappa shape index (κ1) is 23.7. The van der Waals surface area contributed by atoms with Crippen LogP contribution in [0.1, 0.15) is 27.5 Å². The maximum absolute atomic E-state index is 13.7. The molecule has 4 aromatic rings. The molecule has 1 N–H and O–H groups in total. The summed E-state index contributed by atoms with van der Waals surface area (Å²) in [4.78, 5) is 43.8. The number of anilines is 1. The number of H-pyrrole nitrogens is 1. The van der Waals surface area contributed by atoms with Gasteiger partial charge in [-0.2, -0.15) is 0 Å². The highest BCUT2D eigenvalue weighted by molar-refractivity contribution is 8.00. The van der Waals surface area contributed by atoms with Crippen LogP contribution in [-0.4, -0.2) is 22.0 Å². The van der Waals surface area contributed by atoms with E-state index < -0.39 is 22.9 Å². The third-order valence-electron chi connectivity index (χ3n) is 6.67. The van der Waals surface area contributed by atoms with Gasteiger partial charge in [0.15, 0.2) is 0 Å². The van der Waals surface area contributed by atoms with Gasteiger partial charge in [-0.15, -0.1) is 0 Å². The van der Waals surface area contributed by atoms with E-state index in [0.717, 1.165) is 32.2 Å². The SMILES string of the molecule is Cc1ccc(COc2ccc([C@H]3c4sc(=O)[nH]c4SC4C(=O)N(c5ccc(F)cc5)C(=O)C43)cc2)cc1. The van der Waals surface area contributed by atoms with Crippen molar-refractivity contribution in [1.82, 2.24) is 4.98 Å². The zero-order valence-electron chi connectivity index (χ0n) is 19.6. The van der Waals surface area contributed by atoms with Crippen molar-refractivity contribution in [3.05, 3.63) is 110 Å². The zero-order chi connectivity index (χ0) is 25.7. The molecule has 0 aliphatic carbocycles. The van der Waals surface area contributed by atoms with Crippen LogP contribution in [0.15, 0.2) is 82.6 Å². The third kappa shape index (κ3) is 4.28. The van der Waals surface area contributed by atoms with Gasteiger partial charge < -0.3 is 9.72 Å². The van der Waals surface area contributed by atoms with Gasteiger partial charge in [0.2, 0.25) is 11.8 Å². The minimum atomic E-state index is -0.697. The van der Waals surface area contributed by atoms with Gasteiger partial charge in [-0.3, -0.25) is 14.4 Å². The lowest BCUT2D eigenvalue weighted by atomic mass is 9.83. The molecule has 2 aliphatic heterocycles. The Morgan fingerprint density at radius 1 is 0.919 bits per heavy atom. The molecule has 0 radical (unpaired) electrons. The van der Waals surface area contributed by atoms with Crippen LogP contribution < -0.4 is 14.5 Å². The average Bonchev–Trinajstić information content (AvgIpc) is 3.39. The number of amides is 2. The molecule has 2 amide bonds. The maximum atomic E-state index is 13.7. The van der Waals surface area contributed by atoms with Crippen LogP contribution >= 0.6 is 23.1 Å². The van der Waals surface area contributed by atoms with Gasteiger partial charge in [-0.1, -0.05) is 65.1 Å². The summed E-state index contributed by atoms with van der Waals surface area (Å²) >= 11 is 2.28. The van der Waals surface area contributed by atoms with Gasteiger partial charge in [-0.05, 0) is 54.4 Å². The molecule has 0 spiro atoms. The quantitative estimate of drug-likeness (QED) is 0.355. The molecule has 2 aliphatic rings. The Hall–Kier alpha value is -3.69. The van der Waals surface area contributed by atoms with Crippen molar-refractivity contribution in [3.8, 4) is 5.75 Å². The Morgan fingerprint density at radius 2 is 1.62 bits per heavy atom. The molecule has 3 atom stereocenters. The van der Waals surface area contributed by atoms with E-state index >= 15 is 0 Å². The second-order valence-corrected chi connectivity index (χ2v) is 11.2. The third-order valence-corrected chi connectivity index (χ3v) is 9.08. The van der Waals surface area contributed by atoms with Crippen molar-refractivity contribution >= 4 is 40.6 Å². The largest absolute Gasteiger partial charge is 0.489 e. The number of thiazole rings is 1. The molecule has 6 rings (SSSR count). The molecule has 37 heavy (non-hydrogen) atoms. The van der Waals surface area contributed by atoms with Crippen molar-refractivity contribution in [1.29, 1.82) is 0 Å². The number of fused-ring (bicyclic) bond motifs is 2. The van der Waals surface area contributed by atoms with Crippen molar-refractivity contribution in [2.45, 2.75) is 29.7 Å². The highest BCUT2D eigenvalue weighted by Gasteiger charge is 2.56. The average molecular weight is 533 g/mol. The van der Waals surface area contributed by atoms with Crippen LogP contribution in [-0.2, 0) is 16.2 Å². The second-order valence-electron chi connectivity index (χ2n) is 9.08. The summed E-state index contributed by atoms with van der Waals surface area (Å²) in [7, 11) is 0. The van der Waals surface area contributed by atoms with E-state index in [4.69, 9.17) is 4.74 Å². The molecule has 6 nitrogen and oxygen atoms in total. The van der Waals surface area contributed by atoms with E-state index in [-0.39, 0.29) is 16.7 Å². The van der Waals surface area contributed by atoms with Crippen molar-refractivity contribution in [2.75, 3.05) is 4.90 Å². The molecule has 3 heterocycles. The number of aromatic nitrogens is 1. The summed E-state index contributed by atoms with van der Waals surface area (Å²) in [6.07, 6.45) is 0. The summed E-state index contributed by atoms with van der Waals surface area (Å²) in [6.45, 7) is 2.46. The first-order valence-electron chi connectivity index (χ1n) is 11.7. The predicted octanol–water partition coefficient (Wildman–Crippen LogP) is 5.26. The molecular formula is C28H21FN2O4S2. The number of benzene rings is 3. The number of carbonyl (C=O) groups excluding carboxylic acids is 2. The van der Waals surface area contributed by atoms with Gasteiger partial charge in [-0.25, -0.2) is 9.29 Å². The number of hydrogen-bond acceptors (Lipinski definition) is 6. The Balaban J connectivity index is 1.32. The molecule has 1 fully saturated rings. The number of nitrogens with zero attached hydrogens (tertiary/aromatic N) is 1. The number of nitrogens with one attached hydrogen (secondary N) is 1. The van der Waals surface area contributed by atoms with E-state index in [9.17, 15) is 18.8 Å². The van der Waals surface area contributed by atoms with E-state index in [1.807, 2.05) is 55.5 Å². The summed E-state index contributed by atoms with van der Waals surface area (Å²) in [6, 6.07) is 20.9. The lowest BCUT2D eigenvalue weighted by Gasteiger charge is -2.29. The lowest BCUT2D eigenvalue weighted by molar-refractivity contribution is -0.122. The number of carbonyl (C=O) groups is 2. The van der Waals surface area contributed by atoms with Crippen molar-refractivity contribution < 1.29 is 18.7 Å². The predicted molar refractivity (Wildman–Crippen MR) is 141 cm³/mol. The Labute approximate surface area is 220 Å². The monoisotopic (exact) mass is 532 g/mol. The Morgan fingerprint density at radius 3 is 2.32 bits per heavy atom. The fourth-order valence-electron chi connectivity index (χ4n) is 4.84. The zero-order valence-corrected chi connectivity index (χ0v) is 21.3. The van der Waals surface area contributed by atoms with E-state index in [2.05, 4.69) is 4.98 Å². The highest BCUT2D eigenvalue weighted by atomic mass is 32.2. The van der Waals surface area contributed by atoms with Crippen LogP contribution in [0, 0.1) is 18.7 Å². The molecular weight excluding hydrogens is 511 g/mol. The molecule has 0 saturated carbocycles. The number of ether oxygens (including phenoxy) is 1. The maximum Gasteiger partial charge on any atom is 0.305 e. The number of aryl methyl sites for hydroxylation is 1. The first-order chi connectivity index (χ1) is 17.9. The summed E-state index contributed by atoms with van der Waals surface area (Å²) < 4.78 is 19.4. The summed E-state index contributed by atoms with van der Waals surface area (Å²) in [5, 5.41) is -0.0826. The number of thioether (sulfide) groups is 1. The van der Waals surface area contributed by atoms with Gasteiger partial charge in [0, 0.05) is 10.8 Å². The standard InChI is InChI=1S/C28H21FN2O4S2/c1-15-2-4-16(5-3-15)14-35-20-12-6-17(7-13-20)21-22-24(36-25-23(21)37-28(34)30-25)27(33)31(26(22)32)19-10-8-18(29)9-11-19/h2-13,21-22,24H,14H2,1H3,(H,30,34)/t21-,22?,24?/m1/s1. The van der Waals surface area contributed by atoms with Crippen LogP contribution in [0.3, 0.4) is 0 Å². The first-order valence-corrected chi connectivity index (χ1v) is 13.4. The van der Waals surface area contributed by atoms with Gasteiger partial charge in [0.05, 0.1) is 16.6 Å². The molecule has 9 heteroatoms. The lowest BCUT2D eigenvalue weighted by Crippen LogP contribution is -2.32. The van der Waals surface area contributed by atoms with Crippen LogP contribution in [0.5, 0.6) is 5.75 Å². The van der Waals surface area contributed by atoms with Gasteiger partial charge in [0.1, 0.15) is 23.4 Å². The normalized spacial score (nSPS) is 20.6. The molecule has 0 bridgehead atoms. The summed E-state index contributed by atoms with van der Waals surface area (Å²) in [5.74, 6) is -1.66. The van der Waals surface area contributed by atoms with E-state index in [1.165, 1.54) is 41.6 Å². The smallest absolute Gasteiger partial charge is 0.305 e. The number of rotatable bonds is 5. The van der Waals surface area contributed by atoms with Crippen LogP contribution in [0.4, 0.5) is 10.1 Å². The Bertz CT molecular complexity index is 1550. The number of imide groups is 1. The Kier molecular flexibility index (Phi) is 5.97. The number of halogens is 1. The topological polar surface area (TPSA) is 79.5 Å². The fourth-order valence-corrected chi connectivity index (χ4v) is 7.36. The molecule has 2 unspecified atom stereocenters. The number of aromatic amines is 1. The van der Waals surface area contributed by atoms with E-state index in [0.29, 0.717) is 23.1 Å². The van der Waals surface area contributed by atoms with E-state index in [1.54, 1.807) is 0 Å². The molecule has 1 aromatic heterocycles. The van der Waals surface area contributed by atoms with Crippen molar-refractivity contribution in [3.63, 3.8) is 0 Å².